The van der Waals surface area contributed by atoms with Gasteiger partial charge in [-0.05, 0) is 59.9 Å². The number of amides is 2. The van der Waals surface area contributed by atoms with Gasteiger partial charge in [0, 0.05) is 12.1 Å². The lowest BCUT2D eigenvalue weighted by atomic mass is 9.90. The minimum absolute atomic E-state index is 0.00183. The third-order valence-corrected chi connectivity index (χ3v) is 5.97. The summed E-state index contributed by atoms with van der Waals surface area (Å²) in [6.45, 7) is 3.99. The molecule has 38 heavy (non-hydrogen) atoms. The Kier molecular flexibility index (Phi) is 9.76. The van der Waals surface area contributed by atoms with Gasteiger partial charge >= 0.3 is 18.2 Å². The number of alkyl halides is 3. The smallest absolute Gasteiger partial charge is 0.416 e. The van der Waals surface area contributed by atoms with Crippen LogP contribution in [-0.2, 0) is 28.7 Å². The van der Waals surface area contributed by atoms with Crippen LogP contribution in [0, 0.1) is 0 Å². The predicted molar refractivity (Wildman–Crippen MR) is 139 cm³/mol. The zero-order chi connectivity index (χ0) is 27.7. The summed E-state index contributed by atoms with van der Waals surface area (Å²) < 4.78 is 51.6. The number of ether oxygens (including phenoxy) is 2. The molecule has 202 valence electrons. The lowest BCUT2D eigenvalue weighted by molar-refractivity contribution is -0.142. The number of urea groups is 1. The van der Waals surface area contributed by atoms with Crippen molar-refractivity contribution in [3.8, 4) is 16.9 Å². The number of rotatable bonds is 10. The van der Waals surface area contributed by atoms with Crippen LogP contribution in [0.1, 0.15) is 48.6 Å². The van der Waals surface area contributed by atoms with Crippen LogP contribution in [0.4, 0.5) is 18.0 Å². The van der Waals surface area contributed by atoms with E-state index in [4.69, 9.17) is 9.47 Å². The Morgan fingerprint density at radius 1 is 0.921 bits per heavy atom. The molecule has 6 nitrogen and oxygen atoms in total. The summed E-state index contributed by atoms with van der Waals surface area (Å²) >= 11 is 0. The van der Waals surface area contributed by atoms with E-state index in [1.165, 1.54) is 13.2 Å². The zero-order valence-electron chi connectivity index (χ0n) is 21.5. The summed E-state index contributed by atoms with van der Waals surface area (Å²) in [5, 5.41) is 5.57. The van der Waals surface area contributed by atoms with Crippen molar-refractivity contribution in [3.05, 3.63) is 89.0 Å². The number of carbonyl (C=O) groups excluding carboxylic acids is 2. The van der Waals surface area contributed by atoms with Crippen LogP contribution in [0.25, 0.3) is 11.1 Å². The van der Waals surface area contributed by atoms with Crippen LogP contribution in [0.3, 0.4) is 0 Å². The highest BCUT2D eigenvalue weighted by Crippen LogP contribution is 2.40. The molecule has 1 unspecified atom stereocenters. The maximum Gasteiger partial charge on any atom is 0.416 e. The Labute approximate surface area is 220 Å². The number of benzene rings is 3. The van der Waals surface area contributed by atoms with Crippen LogP contribution < -0.4 is 15.4 Å². The predicted octanol–water partition coefficient (Wildman–Crippen LogP) is 6.44. The summed E-state index contributed by atoms with van der Waals surface area (Å²) in [6, 6.07) is 16.5. The number of carbonyl (C=O) groups is 2. The molecule has 0 heterocycles. The van der Waals surface area contributed by atoms with Crippen molar-refractivity contribution in [3.63, 3.8) is 0 Å². The number of hydrogen-bond acceptors (Lipinski definition) is 4. The van der Waals surface area contributed by atoms with Crippen molar-refractivity contribution < 1.29 is 32.2 Å². The molecule has 9 heteroatoms. The van der Waals surface area contributed by atoms with E-state index >= 15 is 0 Å². The molecular formula is C29H31F3N2O4. The highest BCUT2D eigenvalue weighted by atomic mass is 19.4. The lowest BCUT2D eigenvalue weighted by Gasteiger charge is -2.24. The summed E-state index contributed by atoms with van der Waals surface area (Å²) in [5.74, 6) is 0.00134. The Morgan fingerprint density at radius 2 is 1.66 bits per heavy atom. The van der Waals surface area contributed by atoms with Crippen LogP contribution >= 0.6 is 0 Å². The maximum atomic E-state index is 13.7. The molecule has 0 fully saturated rings. The third kappa shape index (κ3) is 7.50. The second-order valence-electron chi connectivity index (χ2n) is 8.59. The van der Waals surface area contributed by atoms with E-state index in [1.54, 1.807) is 32.0 Å². The normalized spacial score (nSPS) is 11.9. The standard InChI is InChI=1S/C29H31F3N2O4/c1-4-25(34-28(36)33-18-19-9-7-6-8-10-19)23-17-21(29(30,31)32)12-13-22(23)24-15-20(11-14-26(24)37-3)16-27(35)38-5-2/h6-15,17,25H,4-5,16,18H2,1-3H3,(H2,33,34,36). The molecule has 1 atom stereocenters. The van der Waals surface area contributed by atoms with E-state index in [-0.39, 0.29) is 25.1 Å². The second-order valence-corrected chi connectivity index (χ2v) is 8.59. The number of hydrogen-bond donors (Lipinski definition) is 2. The van der Waals surface area contributed by atoms with E-state index in [1.807, 2.05) is 30.3 Å². The highest BCUT2D eigenvalue weighted by Gasteiger charge is 2.32. The third-order valence-electron chi connectivity index (χ3n) is 5.97. The van der Waals surface area contributed by atoms with Gasteiger partial charge in [0.05, 0.1) is 31.7 Å². The van der Waals surface area contributed by atoms with Gasteiger partial charge in [-0.15, -0.1) is 0 Å². The Bertz CT molecular complexity index is 1250. The van der Waals surface area contributed by atoms with E-state index in [0.717, 1.165) is 17.7 Å². The average molecular weight is 529 g/mol. The molecule has 3 aromatic carbocycles. The quantitative estimate of drug-likeness (QED) is 0.297. The first kappa shape index (κ1) is 28.6. The fraction of sp³-hybridized carbons (Fsp3) is 0.310. The van der Waals surface area contributed by atoms with Crippen molar-refractivity contribution in [2.45, 2.75) is 45.5 Å². The van der Waals surface area contributed by atoms with Crippen LogP contribution in [-0.4, -0.2) is 25.7 Å². The van der Waals surface area contributed by atoms with E-state index in [9.17, 15) is 22.8 Å². The zero-order valence-corrected chi connectivity index (χ0v) is 21.5. The molecule has 0 aliphatic rings. The first-order valence-corrected chi connectivity index (χ1v) is 12.3. The summed E-state index contributed by atoms with van der Waals surface area (Å²) in [5.41, 5.74) is 1.91. The van der Waals surface area contributed by atoms with Gasteiger partial charge in [-0.1, -0.05) is 49.4 Å². The van der Waals surface area contributed by atoms with E-state index in [2.05, 4.69) is 10.6 Å². The molecule has 0 radical (unpaired) electrons. The van der Waals surface area contributed by atoms with Crippen molar-refractivity contribution in [2.75, 3.05) is 13.7 Å². The molecule has 0 saturated carbocycles. The molecule has 3 rings (SSSR count). The van der Waals surface area contributed by atoms with E-state index < -0.39 is 29.8 Å². The summed E-state index contributed by atoms with van der Waals surface area (Å²) in [7, 11) is 1.46. The highest BCUT2D eigenvalue weighted by molar-refractivity contribution is 5.79. The fourth-order valence-electron chi connectivity index (χ4n) is 4.11. The summed E-state index contributed by atoms with van der Waals surface area (Å²) in [4.78, 5) is 24.8. The molecule has 0 aliphatic carbocycles. The molecule has 2 N–H and O–H groups in total. The lowest BCUT2D eigenvalue weighted by Crippen LogP contribution is -2.37. The molecule has 0 aliphatic heterocycles. The largest absolute Gasteiger partial charge is 0.496 e. The Balaban J connectivity index is 2.00. The topological polar surface area (TPSA) is 76.7 Å². The van der Waals surface area contributed by atoms with Crippen LogP contribution in [0.2, 0.25) is 0 Å². The molecule has 2 amide bonds. The fourth-order valence-corrected chi connectivity index (χ4v) is 4.11. The first-order chi connectivity index (χ1) is 18.2. The minimum atomic E-state index is -4.57. The molecule has 0 bridgehead atoms. The van der Waals surface area contributed by atoms with Gasteiger partial charge in [0.2, 0.25) is 0 Å². The van der Waals surface area contributed by atoms with Crippen molar-refractivity contribution in [1.29, 1.82) is 0 Å². The maximum absolute atomic E-state index is 13.7. The van der Waals surface area contributed by atoms with Crippen molar-refractivity contribution in [2.24, 2.45) is 0 Å². The molecule has 0 aromatic heterocycles. The number of methoxy groups -OCH3 is 1. The minimum Gasteiger partial charge on any atom is -0.496 e. The van der Waals surface area contributed by atoms with Crippen molar-refractivity contribution >= 4 is 12.0 Å². The molecular weight excluding hydrogens is 497 g/mol. The second kappa shape index (κ2) is 13.0. The van der Waals surface area contributed by atoms with Gasteiger partial charge in [0.15, 0.2) is 0 Å². The average Bonchev–Trinajstić information content (AvgIpc) is 2.90. The number of halogens is 3. The van der Waals surface area contributed by atoms with Gasteiger partial charge in [-0.2, -0.15) is 13.2 Å². The Hall–Kier alpha value is -4.01. The van der Waals surface area contributed by atoms with Gasteiger partial charge in [-0.25, -0.2) is 4.79 Å². The molecule has 0 spiro atoms. The number of esters is 1. The van der Waals surface area contributed by atoms with Crippen LogP contribution in [0.5, 0.6) is 5.75 Å². The summed E-state index contributed by atoms with van der Waals surface area (Å²) in [6.07, 6.45) is -4.24. The van der Waals surface area contributed by atoms with Crippen LogP contribution in [0.15, 0.2) is 66.7 Å². The SMILES string of the molecule is CCOC(=O)Cc1ccc(OC)c(-c2ccc(C(F)(F)F)cc2C(CC)NC(=O)NCc2ccccc2)c1. The van der Waals surface area contributed by atoms with Gasteiger partial charge < -0.3 is 20.1 Å². The molecule has 0 saturated heterocycles. The van der Waals surface area contributed by atoms with Crippen molar-refractivity contribution in [1.82, 2.24) is 10.6 Å². The number of nitrogens with one attached hydrogen (secondary N) is 2. The van der Waals surface area contributed by atoms with Gasteiger partial charge in [0.1, 0.15) is 5.75 Å². The monoisotopic (exact) mass is 528 g/mol. The molecule has 3 aromatic rings. The Morgan fingerprint density at radius 3 is 2.29 bits per heavy atom. The van der Waals surface area contributed by atoms with E-state index in [0.29, 0.717) is 28.9 Å². The first-order valence-electron chi connectivity index (χ1n) is 12.3. The van der Waals surface area contributed by atoms with Gasteiger partial charge in [-0.3, -0.25) is 4.79 Å². The van der Waals surface area contributed by atoms with Gasteiger partial charge in [0.25, 0.3) is 0 Å².